The Hall–Kier alpha value is -2.08. The molecule has 4 nitrogen and oxygen atoms in total. The first kappa shape index (κ1) is 11.6. The topological polar surface area (TPSA) is 34.6 Å². The Balaban J connectivity index is 1.88. The molecule has 2 aliphatic rings. The number of fused-ring (bicyclic) bond motifs is 6. The molecule has 0 amide bonds. The summed E-state index contributed by atoms with van der Waals surface area (Å²) in [4.78, 5) is 11.4. The van der Waals surface area contributed by atoms with Crippen LogP contribution in [0.1, 0.15) is 5.56 Å². The lowest BCUT2D eigenvalue weighted by Crippen LogP contribution is -2.22. The number of nitrogens with zero attached hydrogens (tertiary/aromatic N) is 2. The van der Waals surface area contributed by atoms with Crippen LogP contribution in [0.3, 0.4) is 0 Å². The van der Waals surface area contributed by atoms with Gasteiger partial charge < -0.3 is 0 Å². The molecule has 0 bridgehead atoms. The molecule has 2 aromatic carbocycles. The molecular weight excluding hydrogens is 284 g/mol. The van der Waals surface area contributed by atoms with Crippen molar-refractivity contribution in [2.24, 2.45) is 0 Å². The molecule has 21 heavy (non-hydrogen) atoms. The van der Waals surface area contributed by atoms with E-state index in [-0.39, 0.29) is 0 Å². The monoisotopic (exact) mass is 295 g/mol. The summed E-state index contributed by atoms with van der Waals surface area (Å²) in [6.07, 6.45) is 3.99. The summed E-state index contributed by atoms with van der Waals surface area (Å²) in [5.74, 6) is 0. The van der Waals surface area contributed by atoms with Crippen LogP contribution in [0.4, 0.5) is 0 Å². The van der Waals surface area contributed by atoms with Crippen molar-refractivity contribution < 1.29 is 9.02 Å². The first-order valence-corrected chi connectivity index (χ1v) is 7.81. The van der Waals surface area contributed by atoms with Gasteiger partial charge >= 0.3 is 11.4 Å². The lowest BCUT2D eigenvalue weighted by Gasteiger charge is -2.14. The zero-order valence-electron chi connectivity index (χ0n) is 11.0. The first-order chi connectivity index (χ1) is 10.4. The van der Waals surface area contributed by atoms with Crippen LogP contribution in [-0.4, -0.2) is 16.2 Å². The van der Waals surface area contributed by atoms with Crippen molar-refractivity contribution in [1.29, 1.82) is 0 Å². The van der Waals surface area contributed by atoms with Crippen LogP contribution >= 0.6 is 0 Å². The minimum Gasteiger partial charge on any atom is -0.248 e. The van der Waals surface area contributed by atoms with Gasteiger partial charge in [-0.05, 0) is 34.8 Å². The lowest BCUT2D eigenvalue weighted by molar-refractivity contribution is -0.0582. The van der Waals surface area contributed by atoms with E-state index in [1.54, 1.807) is 4.47 Å². The number of hydrogen-bond acceptors (Lipinski definition) is 4. The van der Waals surface area contributed by atoms with Gasteiger partial charge in [0, 0.05) is 10.9 Å². The predicted octanol–water partition coefficient (Wildman–Crippen LogP) is 3.40. The van der Waals surface area contributed by atoms with Crippen LogP contribution in [0, 0.1) is 0 Å². The van der Waals surface area contributed by atoms with Crippen LogP contribution in [0.5, 0.6) is 0 Å². The molecule has 1 saturated heterocycles. The third-order valence-electron chi connectivity index (χ3n) is 3.73. The maximum absolute atomic E-state index is 5.76. The van der Waals surface area contributed by atoms with Crippen LogP contribution in [0.15, 0.2) is 53.6 Å². The first-order valence-electron chi connectivity index (χ1n) is 6.71. The van der Waals surface area contributed by atoms with Gasteiger partial charge in [0.25, 0.3) is 0 Å². The van der Waals surface area contributed by atoms with Crippen molar-refractivity contribution in [1.82, 2.24) is 9.45 Å². The summed E-state index contributed by atoms with van der Waals surface area (Å²) in [6, 6.07) is 14.5. The van der Waals surface area contributed by atoms with E-state index in [4.69, 9.17) is 14.0 Å². The Bertz CT molecular complexity index is 909. The second-order valence-electron chi connectivity index (χ2n) is 4.95. The normalized spacial score (nSPS) is 20.0. The summed E-state index contributed by atoms with van der Waals surface area (Å²) >= 11 is -0.493. The van der Waals surface area contributed by atoms with Gasteiger partial charge in [-0.15, -0.1) is 4.18 Å². The van der Waals surface area contributed by atoms with Gasteiger partial charge in [0.1, 0.15) is 0 Å². The Morgan fingerprint density at radius 3 is 3.05 bits per heavy atom. The molecule has 1 fully saturated rings. The molecule has 0 saturated carbocycles. The molecule has 0 radical (unpaired) electrons. The molecule has 1 atom stereocenters. The van der Waals surface area contributed by atoms with Gasteiger partial charge in [-0.2, -0.15) is 4.84 Å². The smallest absolute Gasteiger partial charge is 0.248 e. The number of benzene rings is 2. The standard InChI is InChI=1S/C16H11N2O2S/c1-2-4-14-12(3-1)9-13-15(17-14)6-5-11-7-8-18-19-10-20-21(18)16(11)13/h1-9H,10H2/q+1. The molecular formula is C16H11N2O2S+. The average Bonchev–Trinajstić information content (AvgIpc) is 3.01. The van der Waals surface area contributed by atoms with Crippen molar-refractivity contribution in [2.45, 2.75) is 4.90 Å². The van der Waals surface area contributed by atoms with E-state index in [9.17, 15) is 0 Å². The lowest BCUT2D eigenvalue weighted by atomic mass is 10.1. The Labute approximate surface area is 124 Å². The van der Waals surface area contributed by atoms with Crippen molar-refractivity contribution >= 4 is 39.2 Å². The van der Waals surface area contributed by atoms with Gasteiger partial charge in [-0.25, -0.2) is 4.98 Å². The molecule has 5 rings (SSSR count). The largest absolute Gasteiger partial charge is 0.338 e. The number of hydrogen-bond donors (Lipinski definition) is 0. The minimum atomic E-state index is -0.493. The van der Waals surface area contributed by atoms with Gasteiger partial charge in [0.2, 0.25) is 11.7 Å². The van der Waals surface area contributed by atoms with Crippen LogP contribution < -0.4 is 0 Å². The fourth-order valence-electron chi connectivity index (χ4n) is 2.77. The molecule has 5 heteroatoms. The SMILES string of the molecule is C1=CN2OCO[S+]2c2c1ccc1nc3ccccc3cc21. The van der Waals surface area contributed by atoms with Gasteiger partial charge in [0.15, 0.2) is 0 Å². The molecule has 0 spiro atoms. The van der Waals surface area contributed by atoms with Gasteiger partial charge in [-0.1, -0.05) is 18.2 Å². The van der Waals surface area contributed by atoms with Crippen molar-refractivity contribution in [3.05, 3.63) is 54.2 Å². The zero-order valence-corrected chi connectivity index (χ0v) is 11.8. The average molecular weight is 295 g/mol. The highest BCUT2D eigenvalue weighted by Gasteiger charge is 2.45. The zero-order chi connectivity index (χ0) is 13.8. The molecule has 1 aromatic heterocycles. The fraction of sp³-hybridized carbons (Fsp3) is 0.0625. The maximum Gasteiger partial charge on any atom is 0.338 e. The Morgan fingerprint density at radius 2 is 2.05 bits per heavy atom. The number of para-hydroxylation sites is 1. The summed E-state index contributed by atoms with van der Waals surface area (Å²) in [6.45, 7) is 0.296. The highest BCUT2D eigenvalue weighted by Crippen LogP contribution is 2.38. The fourth-order valence-corrected chi connectivity index (χ4v) is 4.31. The number of hydroxylamine groups is 1. The second kappa shape index (κ2) is 4.21. The number of pyridine rings is 1. The van der Waals surface area contributed by atoms with Crippen LogP contribution in [0.2, 0.25) is 0 Å². The molecule has 1 unspecified atom stereocenters. The van der Waals surface area contributed by atoms with Crippen molar-refractivity contribution in [2.75, 3.05) is 6.79 Å². The molecule has 3 heterocycles. The van der Waals surface area contributed by atoms with E-state index in [0.717, 1.165) is 26.7 Å². The predicted molar refractivity (Wildman–Crippen MR) is 82.8 cm³/mol. The van der Waals surface area contributed by atoms with Gasteiger partial charge in [0.05, 0.1) is 22.6 Å². The molecule has 102 valence electrons. The molecule has 2 aliphatic heterocycles. The Morgan fingerprint density at radius 1 is 1.10 bits per heavy atom. The van der Waals surface area contributed by atoms with Crippen molar-refractivity contribution in [3.63, 3.8) is 0 Å². The van der Waals surface area contributed by atoms with Crippen LogP contribution in [0.25, 0.3) is 27.9 Å². The number of rotatable bonds is 0. The quantitative estimate of drug-likeness (QED) is 0.470. The summed E-state index contributed by atoms with van der Waals surface area (Å²) in [5, 5.41) is 2.28. The minimum absolute atomic E-state index is 0.296. The van der Waals surface area contributed by atoms with E-state index in [2.05, 4.69) is 30.3 Å². The third-order valence-corrected chi connectivity index (χ3v) is 5.41. The summed E-state index contributed by atoms with van der Waals surface area (Å²) in [7, 11) is 0. The second-order valence-corrected chi connectivity index (χ2v) is 6.45. The van der Waals surface area contributed by atoms with Gasteiger partial charge in [-0.3, -0.25) is 0 Å². The van der Waals surface area contributed by atoms with E-state index in [1.807, 2.05) is 24.4 Å². The Kier molecular flexibility index (Phi) is 2.32. The van der Waals surface area contributed by atoms with Crippen molar-refractivity contribution in [3.8, 4) is 0 Å². The highest BCUT2D eigenvalue weighted by molar-refractivity contribution is 7.90. The summed E-state index contributed by atoms with van der Waals surface area (Å²) < 4.78 is 7.54. The van der Waals surface area contributed by atoms with Crippen LogP contribution in [-0.2, 0) is 20.4 Å². The highest BCUT2D eigenvalue weighted by atomic mass is 32.2. The molecule has 0 aliphatic carbocycles. The van der Waals surface area contributed by atoms with E-state index >= 15 is 0 Å². The molecule has 3 aromatic rings. The van der Waals surface area contributed by atoms with E-state index in [0.29, 0.717) is 6.79 Å². The molecule has 0 N–H and O–H groups in total. The summed E-state index contributed by atoms with van der Waals surface area (Å²) in [5.41, 5.74) is 3.18. The van der Waals surface area contributed by atoms with E-state index < -0.39 is 11.4 Å². The third kappa shape index (κ3) is 1.62. The van der Waals surface area contributed by atoms with E-state index in [1.165, 1.54) is 5.56 Å². The maximum atomic E-state index is 5.76. The number of aromatic nitrogens is 1.